The number of halogens is 1. The van der Waals surface area contributed by atoms with E-state index >= 15 is 0 Å². The van der Waals surface area contributed by atoms with Gasteiger partial charge in [-0.3, -0.25) is 0 Å². The van der Waals surface area contributed by atoms with Crippen molar-refractivity contribution < 1.29 is 18.7 Å². The van der Waals surface area contributed by atoms with Gasteiger partial charge in [0.05, 0.1) is 13.2 Å². The molecule has 1 aromatic carbocycles. The van der Waals surface area contributed by atoms with Crippen molar-refractivity contribution >= 4 is 6.29 Å². The summed E-state index contributed by atoms with van der Waals surface area (Å²) in [7, 11) is 0. The van der Waals surface area contributed by atoms with Crippen molar-refractivity contribution in [1.29, 1.82) is 0 Å². The van der Waals surface area contributed by atoms with Crippen molar-refractivity contribution in [2.24, 2.45) is 0 Å². The summed E-state index contributed by atoms with van der Waals surface area (Å²) < 4.78 is 24.3. The molecule has 2 rings (SSSR count). The summed E-state index contributed by atoms with van der Waals surface area (Å²) in [5.74, 6) is 0.229. The topological polar surface area (TPSA) is 35.5 Å². The van der Waals surface area contributed by atoms with Crippen LogP contribution in [0.25, 0.3) is 0 Å². The summed E-state index contributed by atoms with van der Waals surface area (Å²) in [6, 6.07) is 3.00. The first-order valence-electron chi connectivity index (χ1n) is 5.33. The van der Waals surface area contributed by atoms with Crippen LogP contribution >= 0.6 is 0 Å². The Kier molecular flexibility index (Phi) is 3.39. The molecule has 3 nitrogen and oxygen atoms in total. The Labute approximate surface area is 93.2 Å². The van der Waals surface area contributed by atoms with Gasteiger partial charge in [0.1, 0.15) is 6.29 Å². The van der Waals surface area contributed by atoms with Gasteiger partial charge in [-0.15, -0.1) is 0 Å². The van der Waals surface area contributed by atoms with Gasteiger partial charge in [0.2, 0.25) is 0 Å². The van der Waals surface area contributed by atoms with Crippen molar-refractivity contribution in [1.82, 2.24) is 0 Å². The molecule has 0 saturated carbocycles. The van der Waals surface area contributed by atoms with E-state index in [1.165, 1.54) is 6.07 Å². The number of hydrogen-bond donors (Lipinski definition) is 0. The fraction of sp³-hybridized carbons (Fsp3) is 0.417. The van der Waals surface area contributed by atoms with Crippen molar-refractivity contribution in [3.63, 3.8) is 0 Å². The number of benzene rings is 1. The number of carbonyl (C=O) groups excluding carboxylic acids is 1. The molecule has 1 aliphatic rings. The smallest absolute Gasteiger partial charge is 0.197 e. The van der Waals surface area contributed by atoms with E-state index < -0.39 is 5.82 Å². The molecule has 0 bridgehead atoms. The molecule has 0 unspecified atom stereocenters. The molecule has 0 saturated heterocycles. The molecular formula is C12H13FO3. The zero-order chi connectivity index (χ0) is 11.4. The largest absolute Gasteiger partial charge is 0.489 e. The molecule has 0 atom stereocenters. The van der Waals surface area contributed by atoms with Crippen LogP contribution in [0, 0.1) is 5.82 Å². The summed E-state index contributed by atoms with van der Waals surface area (Å²) in [4.78, 5) is 10.3. The first kappa shape index (κ1) is 10.9. The molecule has 1 aliphatic heterocycles. The molecule has 0 N–H and O–H groups in total. The van der Waals surface area contributed by atoms with Gasteiger partial charge < -0.3 is 14.3 Å². The van der Waals surface area contributed by atoms with Gasteiger partial charge in [-0.2, -0.15) is 0 Å². The second-order valence-corrected chi connectivity index (χ2v) is 3.62. The van der Waals surface area contributed by atoms with Crippen LogP contribution in [0.2, 0.25) is 0 Å². The number of hydrogen-bond acceptors (Lipinski definition) is 3. The van der Waals surface area contributed by atoms with Crippen LogP contribution in [0.3, 0.4) is 0 Å². The molecule has 16 heavy (non-hydrogen) atoms. The van der Waals surface area contributed by atoms with Crippen molar-refractivity contribution in [2.75, 3.05) is 13.2 Å². The SMILES string of the molecule is O=CCCc1ccc(F)c2c1OCCCO2. The van der Waals surface area contributed by atoms with E-state index in [2.05, 4.69) is 0 Å². The predicted molar refractivity (Wildman–Crippen MR) is 56.4 cm³/mol. The number of fused-ring (bicyclic) bond motifs is 1. The second-order valence-electron chi connectivity index (χ2n) is 3.62. The van der Waals surface area contributed by atoms with Crippen LogP contribution in [-0.4, -0.2) is 19.5 Å². The molecule has 0 aliphatic carbocycles. The second kappa shape index (κ2) is 4.96. The van der Waals surface area contributed by atoms with Gasteiger partial charge in [-0.05, 0) is 18.1 Å². The van der Waals surface area contributed by atoms with Gasteiger partial charge in [-0.1, -0.05) is 6.07 Å². The standard InChI is InChI=1S/C12H13FO3/c13-10-5-4-9(3-1-6-14)11-12(10)16-8-2-7-15-11/h4-6H,1-3,7-8H2. The van der Waals surface area contributed by atoms with Crippen LogP contribution in [0.1, 0.15) is 18.4 Å². The van der Waals surface area contributed by atoms with E-state index in [0.717, 1.165) is 18.3 Å². The number of ether oxygens (including phenoxy) is 2. The van der Waals surface area contributed by atoms with E-state index in [9.17, 15) is 9.18 Å². The molecule has 0 fully saturated rings. The van der Waals surface area contributed by atoms with Gasteiger partial charge in [0, 0.05) is 12.8 Å². The minimum absolute atomic E-state index is 0.181. The Balaban J connectivity index is 2.35. The first-order valence-corrected chi connectivity index (χ1v) is 5.33. The predicted octanol–water partition coefficient (Wildman–Crippen LogP) is 2.12. The van der Waals surface area contributed by atoms with E-state index in [1.807, 2.05) is 0 Å². The molecule has 4 heteroatoms. The summed E-state index contributed by atoms with van der Waals surface area (Å²) in [6.07, 6.45) is 2.53. The molecule has 1 heterocycles. The van der Waals surface area contributed by atoms with Crippen LogP contribution in [0.5, 0.6) is 11.5 Å². The highest BCUT2D eigenvalue weighted by atomic mass is 19.1. The minimum Gasteiger partial charge on any atom is -0.489 e. The lowest BCUT2D eigenvalue weighted by Gasteiger charge is -2.12. The summed E-state index contributed by atoms with van der Waals surface area (Å²) in [5.41, 5.74) is 0.824. The molecule has 86 valence electrons. The number of aldehydes is 1. The highest BCUT2D eigenvalue weighted by Gasteiger charge is 2.18. The Morgan fingerprint density at radius 3 is 2.75 bits per heavy atom. The van der Waals surface area contributed by atoms with Gasteiger partial charge in [0.25, 0.3) is 0 Å². The average molecular weight is 224 g/mol. The first-order chi connectivity index (χ1) is 7.83. The van der Waals surface area contributed by atoms with Gasteiger partial charge >= 0.3 is 0 Å². The van der Waals surface area contributed by atoms with E-state index in [0.29, 0.717) is 31.8 Å². The monoisotopic (exact) mass is 224 g/mol. The fourth-order valence-corrected chi connectivity index (χ4v) is 1.69. The summed E-state index contributed by atoms with van der Waals surface area (Å²) in [5, 5.41) is 0. The Morgan fingerprint density at radius 1 is 1.25 bits per heavy atom. The van der Waals surface area contributed by atoms with Crippen LogP contribution in [-0.2, 0) is 11.2 Å². The van der Waals surface area contributed by atoms with Crippen LogP contribution < -0.4 is 9.47 Å². The third-order valence-corrected chi connectivity index (χ3v) is 2.46. The lowest BCUT2D eigenvalue weighted by atomic mass is 10.1. The Bertz CT molecular complexity index is 390. The highest BCUT2D eigenvalue weighted by molar-refractivity contribution is 5.53. The van der Waals surface area contributed by atoms with E-state index in [-0.39, 0.29) is 5.75 Å². The molecule has 0 amide bonds. The highest BCUT2D eigenvalue weighted by Crippen LogP contribution is 2.36. The van der Waals surface area contributed by atoms with Gasteiger partial charge in [0.15, 0.2) is 17.3 Å². The number of aryl methyl sites for hydroxylation is 1. The van der Waals surface area contributed by atoms with Crippen molar-refractivity contribution in [3.8, 4) is 11.5 Å². The zero-order valence-corrected chi connectivity index (χ0v) is 8.87. The van der Waals surface area contributed by atoms with E-state index in [1.54, 1.807) is 6.07 Å². The normalized spacial score (nSPS) is 14.3. The molecule has 1 aromatic rings. The maximum Gasteiger partial charge on any atom is 0.197 e. The molecular weight excluding hydrogens is 211 g/mol. The number of carbonyl (C=O) groups is 1. The Hall–Kier alpha value is -1.58. The maximum absolute atomic E-state index is 13.5. The summed E-state index contributed by atoms with van der Waals surface area (Å²) in [6.45, 7) is 0.978. The lowest BCUT2D eigenvalue weighted by molar-refractivity contribution is -0.107. The zero-order valence-electron chi connectivity index (χ0n) is 8.87. The minimum atomic E-state index is -0.410. The Morgan fingerprint density at radius 2 is 2.00 bits per heavy atom. The average Bonchev–Trinajstić information content (AvgIpc) is 2.54. The molecule has 0 aromatic heterocycles. The fourth-order valence-electron chi connectivity index (χ4n) is 1.69. The number of rotatable bonds is 3. The van der Waals surface area contributed by atoms with Crippen molar-refractivity contribution in [2.45, 2.75) is 19.3 Å². The third-order valence-electron chi connectivity index (χ3n) is 2.46. The maximum atomic E-state index is 13.5. The molecule has 0 radical (unpaired) electrons. The van der Waals surface area contributed by atoms with E-state index in [4.69, 9.17) is 9.47 Å². The van der Waals surface area contributed by atoms with Crippen LogP contribution in [0.15, 0.2) is 12.1 Å². The van der Waals surface area contributed by atoms with Gasteiger partial charge in [-0.25, -0.2) is 4.39 Å². The quantitative estimate of drug-likeness (QED) is 0.738. The van der Waals surface area contributed by atoms with Crippen molar-refractivity contribution in [3.05, 3.63) is 23.5 Å². The lowest BCUT2D eigenvalue weighted by Crippen LogP contribution is -1.99. The third kappa shape index (κ3) is 2.15. The molecule has 0 spiro atoms. The summed E-state index contributed by atoms with van der Waals surface area (Å²) >= 11 is 0. The van der Waals surface area contributed by atoms with Crippen LogP contribution in [0.4, 0.5) is 4.39 Å².